The normalized spacial score (nSPS) is 16.3. The summed E-state index contributed by atoms with van der Waals surface area (Å²) in [5, 5.41) is 4.26. The van der Waals surface area contributed by atoms with Gasteiger partial charge in [0.05, 0.1) is 28.8 Å². The molecule has 1 N–H and O–H groups in total. The van der Waals surface area contributed by atoms with Crippen LogP contribution in [0.15, 0.2) is 53.7 Å². The van der Waals surface area contributed by atoms with Crippen molar-refractivity contribution in [2.24, 2.45) is 0 Å². The molecule has 0 bridgehead atoms. The number of hydrogen-bond acceptors (Lipinski definition) is 4. The summed E-state index contributed by atoms with van der Waals surface area (Å²) in [6.07, 6.45) is -0.241. The third-order valence-corrected chi connectivity index (χ3v) is 5.21. The van der Waals surface area contributed by atoms with Gasteiger partial charge in [-0.3, -0.25) is 4.57 Å². The van der Waals surface area contributed by atoms with E-state index in [1.165, 1.54) is 0 Å². The van der Waals surface area contributed by atoms with Crippen molar-refractivity contribution in [2.45, 2.75) is 32.9 Å². The van der Waals surface area contributed by atoms with E-state index in [0.29, 0.717) is 27.3 Å². The number of imidazole rings is 1. The van der Waals surface area contributed by atoms with E-state index in [2.05, 4.69) is 10.3 Å². The van der Waals surface area contributed by atoms with Gasteiger partial charge in [0.1, 0.15) is 0 Å². The Hall–Kier alpha value is -2.50. The molecule has 1 aliphatic heterocycles. The molecule has 0 unspecified atom stereocenters. The summed E-state index contributed by atoms with van der Waals surface area (Å²) in [6.45, 7) is 5.50. The minimum absolute atomic E-state index is 0.241. The number of aromatic nitrogens is 2. The average Bonchev–Trinajstić information content (AvgIpc) is 2.98. The van der Waals surface area contributed by atoms with Crippen LogP contribution in [0.5, 0.6) is 0 Å². The van der Waals surface area contributed by atoms with Crippen molar-refractivity contribution in [3.8, 4) is 0 Å². The van der Waals surface area contributed by atoms with Crippen LogP contribution in [0.3, 0.4) is 0 Å². The first-order valence-corrected chi connectivity index (χ1v) is 9.73. The highest BCUT2D eigenvalue weighted by atomic mass is 35.5. The predicted octanol–water partition coefficient (Wildman–Crippen LogP) is 5.58. The van der Waals surface area contributed by atoms with E-state index in [4.69, 9.17) is 27.9 Å². The zero-order valence-electron chi connectivity index (χ0n) is 15.7. The molecule has 144 valence electrons. The van der Waals surface area contributed by atoms with Gasteiger partial charge in [-0.25, -0.2) is 9.78 Å². The lowest BCUT2D eigenvalue weighted by Gasteiger charge is -2.31. The van der Waals surface area contributed by atoms with Crippen LogP contribution in [0.1, 0.15) is 32.4 Å². The van der Waals surface area contributed by atoms with E-state index in [-0.39, 0.29) is 12.1 Å². The standard InChI is InChI=1S/C21H19Cl2N3O2/c1-11(2)28-20(27)18-12(3)24-21-25-16-6-4-5-7-17(16)26(21)19(18)14-9-8-13(22)10-15(14)23/h4-11,19H,1-3H3,(H,24,25)/t19-/m0/s1. The first-order chi connectivity index (χ1) is 13.4. The van der Waals surface area contributed by atoms with Crippen LogP contribution in [-0.4, -0.2) is 21.6 Å². The van der Waals surface area contributed by atoms with E-state index >= 15 is 0 Å². The fourth-order valence-electron chi connectivity index (χ4n) is 3.52. The number of nitrogens with one attached hydrogen (secondary N) is 1. The fourth-order valence-corrected chi connectivity index (χ4v) is 4.04. The van der Waals surface area contributed by atoms with Gasteiger partial charge >= 0.3 is 5.97 Å². The lowest BCUT2D eigenvalue weighted by Crippen LogP contribution is -2.30. The number of benzene rings is 2. The summed E-state index contributed by atoms with van der Waals surface area (Å²) in [7, 11) is 0. The van der Waals surface area contributed by atoms with E-state index in [0.717, 1.165) is 16.6 Å². The Morgan fingerprint density at radius 3 is 2.68 bits per heavy atom. The number of carbonyl (C=O) groups excluding carboxylic acids is 1. The first-order valence-electron chi connectivity index (χ1n) is 8.97. The molecule has 1 atom stereocenters. The van der Waals surface area contributed by atoms with Crippen LogP contribution < -0.4 is 5.32 Å². The second-order valence-electron chi connectivity index (χ2n) is 6.98. The summed E-state index contributed by atoms with van der Waals surface area (Å²) in [6, 6.07) is 12.6. The second-order valence-corrected chi connectivity index (χ2v) is 7.82. The maximum Gasteiger partial charge on any atom is 0.338 e. The molecule has 0 radical (unpaired) electrons. The Morgan fingerprint density at radius 1 is 1.21 bits per heavy atom. The molecule has 2 heterocycles. The molecule has 0 saturated heterocycles. The number of ether oxygens (including phenoxy) is 1. The van der Waals surface area contributed by atoms with Gasteiger partial charge in [0, 0.05) is 15.7 Å². The van der Waals surface area contributed by atoms with Crippen LogP contribution in [-0.2, 0) is 9.53 Å². The van der Waals surface area contributed by atoms with Gasteiger partial charge in [-0.05, 0) is 50.6 Å². The molecule has 0 saturated carbocycles. The van der Waals surface area contributed by atoms with Crippen LogP contribution in [0.25, 0.3) is 11.0 Å². The third kappa shape index (κ3) is 3.15. The molecule has 2 aromatic carbocycles. The Balaban J connectivity index is 1.99. The highest BCUT2D eigenvalue weighted by Crippen LogP contribution is 2.42. The number of esters is 1. The van der Waals surface area contributed by atoms with Crippen molar-refractivity contribution in [2.75, 3.05) is 5.32 Å². The smallest absolute Gasteiger partial charge is 0.338 e. The summed E-state index contributed by atoms with van der Waals surface area (Å²) in [5.41, 5.74) is 3.65. The molecule has 1 aromatic heterocycles. The van der Waals surface area contributed by atoms with E-state index < -0.39 is 6.04 Å². The lowest BCUT2D eigenvalue weighted by molar-refractivity contribution is -0.143. The van der Waals surface area contributed by atoms with Crippen molar-refractivity contribution < 1.29 is 9.53 Å². The molecule has 1 aliphatic rings. The van der Waals surface area contributed by atoms with E-state index in [9.17, 15) is 4.79 Å². The minimum Gasteiger partial charge on any atom is -0.459 e. The zero-order chi connectivity index (χ0) is 20.0. The average molecular weight is 416 g/mol. The van der Waals surface area contributed by atoms with Gasteiger partial charge in [0.15, 0.2) is 0 Å². The summed E-state index contributed by atoms with van der Waals surface area (Å²) < 4.78 is 7.52. The molecule has 0 amide bonds. The Kier molecular flexibility index (Phi) is 4.81. The van der Waals surface area contributed by atoms with E-state index in [1.54, 1.807) is 12.1 Å². The molecule has 0 spiro atoms. The van der Waals surface area contributed by atoms with Gasteiger partial charge in [0.2, 0.25) is 5.95 Å². The number of carbonyl (C=O) groups is 1. The number of anilines is 1. The largest absolute Gasteiger partial charge is 0.459 e. The van der Waals surface area contributed by atoms with Gasteiger partial charge in [0.25, 0.3) is 0 Å². The summed E-state index contributed by atoms with van der Waals surface area (Å²) in [4.78, 5) is 17.7. The van der Waals surface area contributed by atoms with Crippen molar-refractivity contribution in [1.82, 2.24) is 9.55 Å². The number of hydrogen-bond donors (Lipinski definition) is 1. The van der Waals surface area contributed by atoms with Gasteiger partial charge in [-0.1, -0.05) is 41.4 Å². The summed E-state index contributed by atoms with van der Waals surface area (Å²) in [5.74, 6) is 0.260. The SMILES string of the molecule is CC1=C(C(=O)OC(C)C)[C@H](c2ccc(Cl)cc2Cl)n2c(nc3ccccc32)N1. The topological polar surface area (TPSA) is 56.2 Å². The van der Waals surface area contributed by atoms with Crippen molar-refractivity contribution in [3.63, 3.8) is 0 Å². The zero-order valence-corrected chi connectivity index (χ0v) is 17.2. The van der Waals surface area contributed by atoms with Crippen molar-refractivity contribution in [3.05, 3.63) is 69.3 Å². The third-order valence-electron chi connectivity index (χ3n) is 4.65. The van der Waals surface area contributed by atoms with Crippen LogP contribution >= 0.6 is 23.2 Å². The Labute approximate surface area is 172 Å². The number of nitrogens with zero attached hydrogens (tertiary/aromatic N) is 2. The lowest BCUT2D eigenvalue weighted by atomic mass is 9.95. The maximum absolute atomic E-state index is 13.0. The predicted molar refractivity (Wildman–Crippen MR) is 112 cm³/mol. The van der Waals surface area contributed by atoms with Gasteiger partial charge in [-0.2, -0.15) is 0 Å². The minimum atomic E-state index is -0.486. The number of allylic oxidation sites excluding steroid dienone is 1. The van der Waals surface area contributed by atoms with Crippen LogP contribution in [0.4, 0.5) is 5.95 Å². The molecule has 0 aliphatic carbocycles. The highest BCUT2D eigenvalue weighted by Gasteiger charge is 2.36. The molecular formula is C21H19Cl2N3O2. The van der Waals surface area contributed by atoms with Crippen molar-refractivity contribution >= 4 is 46.2 Å². The molecule has 3 aromatic rings. The number of halogens is 2. The second kappa shape index (κ2) is 7.15. The molecular weight excluding hydrogens is 397 g/mol. The quantitative estimate of drug-likeness (QED) is 0.566. The number of fused-ring (bicyclic) bond motifs is 3. The number of para-hydroxylation sites is 2. The van der Waals surface area contributed by atoms with Gasteiger partial charge < -0.3 is 10.1 Å². The monoisotopic (exact) mass is 415 g/mol. The summed E-state index contributed by atoms with van der Waals surface area (Å²) >= 11 is 12.7. The van der Waals surface area contributed by atoms with E-state index in [1.807, 2.05) is 55.7 Å². The van der Waals surface area contributed by atoms with Crippen molar-refractivity contribution in [1.29, 1.82) is 0 Å². The van der Waals surface area contributed by atoms with Crippen LogP contribution in [0.2, 0.25) is 10.0 Å². The Bertz CT molecular complexity index is 1120. The van der Waals surface area contributed by atoms with Gasteiger partial charge in [-0.15, -0.1) is 0 Å². The Morgan fingerprint density at radius 2 is 1.96 bits per heavy atom. The molecule has 5 nitrogen and oxygen atoms in total. The molecule has 0 fully saturated rings. The molecule has 28 heavy (non-hydrogen) atoms. The molecule has 4 rings (SSSR count). The number of rotatable bonds is 3. The molecule has 7 heteroatoms. The first kappa shape index (κ1) is 18.8. The maximum atomic E-state index is 13.0. The fraction of sp³-hybridized carbons (Fsp3) is 0.238. The highest BCUT2D eigenvalue weighted by molar-refractivity contribution is 6.35. The van der Waals surface area contributed by atoms with Crippen LogP contribution in [0, 0.1) is 0 Å².